The Labute approximate surface area is 203 Å². The molecule has 35 heavy (non-hydrogen) atoms. The van der Waals surface area contributed by atoms with Crippen LogP contribution in [0.5, 0.6) is 0 Å². The molecule has 0 N–H and O–H groups in total. The lowest BCUT2D eigenvalue weighted by Crippen LogP contribution is -2.59. The lowest BCUT2D eigenvalue weighted by atomic mass is 9.99. The third kappa shape index (κ3) is 7.14. The van der Waals surface area contributed by atoms with Gasteiger partial charge in [0.15, 0.2) is 6.10 Å². The summed E-state index contributed by atoms with van der Waals surface area (Å²) in [5, 5.41) is 4.06. The van der Waals surface area contributed by atoms with Crippen molar-refractivity contribution in [2.24, 2.45) is 5.16 Å². The predicted molar refractivity (Wildman–Crippen MR) is 127 cm³/mol. The molecule has 6 nitrogen and oxygen atoms in total. The van der Waals surface area contributed by atoms with Crippen molar-refractivity contribution in [1.82, 2.24) is 0 Å². The topological polar surface area (TPSA) is 58.5 Å². The number of oxime groups is 1. The summed E-state index contributed by atoms with van der Waals surface area (Å²) in [5.41, 5.74) is 1.69. The van der Waals surface area contributed by atoms with Gasteiger partial charge in [-0.2, -0.15) is 13.2 Å². The zero-order valence-corrected chi connectivity index (χ0v) is 20.1. The van der Waals surface area contributed by atoms with Crippen molar-refractivity contribution < 1.29 is 37.0 Å². The molecule has 3 rings (SSSR count). The Bertz CT molecular complexity index is 976. The van der Waals surface area contributed by atoms with Crippen LogP contribution < -0.4 is 0 Å². The second kappa shape index (κ2) is 12.3. The Morgan fingerprint density at radius 2 is 1.40 bits per heavy atom. The Balaban J connectivity index is 1.59. The Morgan fingerprint density at radius 3 is 1.91 bits per heavy atom. The summed E-state index contributed by atoms with van der Waals surface area (Å²) in [5.74, 6) is 0. The standard InChI is InChI=1S/C26H30F3NO5/c1-5-33-23-22(31-3)17(2)34-25(24(23)32-4)35-30-16-20-10-8-18(9-11-20)6-7-19-12-14-21(15-13-19)26(27,28)29/h6-17,22-25H,5H2,1-4H3/t17?,22?,23?,24?,25-/m0/s1. The molecule has 190 valence electrons. The van der Waals surface area contributed by atoms with Gasteiger partial charge in [0, 0.05) is 20.8 Å². The molecule has 1 aliphatic rings. The van der Waals surface area contributed by atoms with Gasteiger partial charge in [0.05, 0.1) is 17.9 Å². The number of nitrogens with zero attached hydrogens (tertiary/aromatic N) is 1. The molecule has 9 heteroatoms. The quantitative estimate of drug-likeness (QED) is 0.266. The molecule has 1 fully saturated rings. The first-order chi connectivity index (χ1) is 16.8. The van der Waals surface area contributed by atoms with E-state index in [2.05, 4.69) is 5.16 Å². The average molecular weight is 494 g/mol. The van der Waals surface area contributed by atoms with Crippen LogP contribution in [0.3, 0.4) is 0 Å². The summed E-state index contributed by atoms with van der Waals surface area (Å²) in [6.45, 7) is 4.27. The van der Waals surface area contributed by atoms with Crippen molar-refractivity contribution in [3.05, 3.63) is 70.8 Å². The Hall–Kier alpha value is -2.72. The number of hydrogen-bond donors (Lipinski definition) is 0. The highest BCUT2D eigenvalue weighted by atomic mass is 19.4. The summed E-state index contributed by atoms with van der Waals surface area (Å²) in [7, 11) is 3.16. The average Bonchev–Trinajstić information content (AvgIpc) is 2.83. The maximum absolute atomic E-state index is 12.7. The fraction of sp³-hybridized carbons (Fsp3) is 0.423. The number of ether oxygens (including phenoxy) is 4. The van der Waals surface area contributed by atoms with E-state index in [-0.39, 0.29) is 18.3 Å². The minimum atomic E-state index is -4.34. The van der Waals surface area contributed by atoms with Gasteiger partial charge in [-0.25, -0.2) is 0 Å². The molecule has 4 unspecified atom stereocenters. The second-order valence-electron chi connectivity index (χ2n) is 7.99. The molecule has 0 aromatic heterocycles. The first kappa shape index (κ1) is 26.9. The molecule has 0 bridgehead atoms. The SMILES string of the molecule is CCOC1C(OC)C(C)O[C@@H](ON=Cc2ccc(C=Cc3ccc(C(F)(F)F)cc3)cc2)C1OC. The minimum Gasteiger partial charge on any atom is -0.376 e. The first-order valence-electron chi connectivity index (χ1n) is 11.2. The van der Waals surface area contributed by atoms with Gasteiger partial charge in [-0.1, -0.05) is 53.7 Å². The molecule has 1 saturated heterocycles. The fourth-order valence-electron chi connectivity index (χ4n) is 3.83. The van der Waals surface area contributed by atoms with E-state index in [9.17, 15) is 13.2 Å². The van der Waals surface area contributed by atoms with Crippen LogP contribution in [-0.4, -0.2) is 57.7 Å². The first-order valence-corrected chi connectivity index (χ1v) is 11.2. The zero-order valence-electron chi connectivity index (χ0n) is 20.1. The van der Waals surface area contributed by atoms with E-state index in [4.69, 9.17) is 23.8 Å². The third-order valence-electron chi connectivity index (χ3n) is 5.64. The Kier molecular flexibility index (Phi) is 9.45. The fourth-order valence-corrected chi connectivity index (χ4v) is 3.83. The molecule has 0 spiro atoms. The molecule has 2 aromatic rings. The number of benzene rings is 2. The molecular formula is C26H30F3NO5. The largest absolute Gasteiger partial charge is 0.416 e. The van der Waals surface area contributed by atoms with Crippen LogP contribution in [-0.2, 0) is 30.0 Å². The van der Waals surface area contributed by atoms with E-state index in [0.29, 0.717) is 12.2 Å². The highest BCUT2D eigenvalue weighted by Crippen LogP contribution is 2.30. The van der Waals surface area contributed by atoms with Crippen molar-refractivity contribution in [2.45, 2.75) is 50.7 Å². The van der Waals surface area contributed by atoms with Crippen LogP contribution >= 0.6 is 0 Å². The molecule has 1 aliphatic heterocycles. The van der Waals surface area contributed by atoms with Crippen LogP contribution in [0.1, 0.15) is 36.1 Å². The van der Waals surface area contributed by atoms with Crippen LogP contribution in [0.15, 0.2) is 53.7 Å². The smallest absolute Gasteiger partial charge is 0.376 e. The molecular weight excluding hydrogens is 463 g/mol. The van der Waals surface area contributed by atoms with E-state index in [0.717, 1.165) is 23.3 Å². The van der Waals surface area contributed by atoms with Gasteiger partial charge >= 0.3 is 6.18 Å². The van der Waals surface area contributed by atoms with Gasteiger partial charge in [-0.05, 0) is 42.7 Å². The van der Waals surface area contributed by atoms with E-state index >= 15 is 0 Å². The van der Waals surface area contributed by atoms with Gasteiger partial charge in [-0.3, -0.25) is 0 Å². The maximum atomic E-state index is 12.7. The molecule has 0 amide bonds. The molecule has 5 atom stereocenters. The van der Waals surface area contributed by atoms with Gasteiger partial charge in [0.1, 0.15) is 12.2 Å². The van der Waals surface area contributed by atoms with Crippen molar-refractivity contribution in [3.8, 4) is 0 Å². The van der Waals surface area contributed by atoms with Crippen molar-refractivity contribution in [3.63, 3.8) is 0 Å². The van der Waals surface area contributed by atoms with Crippen LogP contribution in [0.25, 0.3) is 12.2 Å². The highest BCUT2D eigenvalue weighted by molar-refractivity contribution is 5.80. The summed E-state index contributed by atoms with van der Waals surface area (Å²) in [6, 6.07) is 12.4. The van der Waals surface area contributed by atoms with Crippen molar-refractivity contribution in [1.29, 1.82) is 0 Å². The van der Waals surface area contributed by atoms with Crippen LogP contribution in [0.2, 0.25) is 0 Å². The monoisotopic (exact) mass is 493 g/mol. The van der Waals surface area contributed by atoms with Crippen molar-refractivity contribution >= 4 is 18.4 Å². The number of methoxy groups -OCH3 is 2. The summed E-state index contributed by atoms with van der Waals surface area (Å²) >= 11 is 0. The second-order valence-corrected chi connectivity index (χ2v) is 7.99. The summed E-state index contributed by atoms with van der Waals surface area (Å²) < 4.78 is 60.8. The van der Waals surface area contributed by atoms with Gasteiger partial charge in [-0.15, -0.1) is 0 Å². The lowest BCUT2D eigenvalue weighted by molar-refractivity contribution is -0.308. The van der Waals surface area contributed by atoms with E-state index in [1.54, 1.807) is 26.5 Å². The minimum absolute atomic E-state index is 0.279. The van der Waals surface area contributed by atoms with Gasteiger partial charge in [0.25, 0.3) is 6.29 Å². The van der Waals surface area contributed by atoms with E-state index in [1.165, 1.54) is 12.1 Å². The van der Waals surface area contributed by atoms with Gasteiger partial charge < -0.3 is 23.8 Å². The number of rotatable bonds is 9. The highest BCUT2D eigenvalue weighted by Gasteiger charge is 2.47. The van der Waals surface area contributed by atoms with Crippen LogP contribution in [0.4, 0.5) is 13.2 Å². The molecule has 0 radical (unpaired) electrons. The summed E-state index contributed by atoms with van der Waals surface area (Å²) in [4.78, 5) is 5.59. The van der Waals surface area contributed by atoms with Crippen molar-refractivity contribution in [2.75, 3.05) is 20.8 Å². The van der Waals surface area contributed by atoms with E-state index < -0.39 is 24.1 Å². The Morgan fingerprint density at radius 1 is 0.857 bits per heavy atom. The maximum Gasteiger partial charge on any atom is 0.416 e. The third-order valence-corrected chi connectivity index (χ3v) is 5.64. The number of halogens is 3. The number of alkyl halides is 3. The van der Waals surface area contributed by atoms with Crippen LogP contribution in [0, 0.1) is 0 Å². The molecule has 0 saturated carbocycles. The number of hydrogen-bond acceptors (Lipinski definition) is 6. The van der Waals surface area contributed by atoms with E-state index in [1.807, 2.05) is 44.2 Å². The molecule has 1 heterocycles. The molecule has 0 aliphatic carbocycles. The molecule has 2 aromatic carbocycles. The normalized spacial score (nSPS) is 25.4. The predicted octanol–water partition coefficient (Wildman–Crippen LogP) is 5.41. The zero-order chi connectivity index (χ0) is 25.4. The van der Waals surface area contributed by atoms with Gasteiger partial charge in [0.2, 0.25) is 0 Å². The summed E-state index contributed by atoms with van der Waals surface area (Å²) in [6.07, 6.45) is -1.44. The lowest BCUT2D eigenvalue weighted by Gasteiger charge is -2.42.